The molecule has 0 saturated carbocycles. The van der Waals surface area contributed by atoms with Crippen molar-refractivity contribution in [2.24, 2.45) is 11.8 Å². The zero-order valence-electron chi connectivity index (χ0n) is 21.2. The fourth-order valence-corrected chi connectivity index (χ4v) is 8.54. The molecule has 4 aromatic rings. The van der Waals surface area contributed by atoms with Gasteiger partial charge in [-0.2, -0.15) is 0 Å². The minimum Gasteiger partial charge on any atom is -0.140 e. The Morgan fingerprint density at radius 2 is 1.47 bits per heavy atom. The molecule has 0 fully saturated rings. The number of rotatable bonds is 10. The molecule has 0 aliphatic carbocycles. The predicted molar refractivity (Wildman–Crippen MR) is 159 cm³/mol. The fourth-order valence-electron chi connectivity index (χ4n) is 5.06. The van der Waals surface area contributed by atoms with E-state index in [0.29, 0.717) is 0 Å². The first-order valence-electron chi connectivity index (χ1n) is 13.3. The van der Waals surface area contributed by atoms with E-state index < -0.39 is 0 Å². The Bertz CT molecular complexity index is 1320. The molecule has 1 aliphatic heterocycles. The van der Waals surface area contributed by atoms with Gasteiger partial charge in [-0.1, -0.05) is 65.0 Å². The highest BCUT2D eigenvalue weighted by Gasteiger charge is 2.16. The Morgan fingerprint density at radius 3 is 2.24 bits per heavy atom. The Labute approximate surface area is 217 Å². The lowest BCUT2D eigenvalue weighted by atomic mass is 9.98. The molecule has 2 aromatic carbocycles. The van der Waals surface area contributed by atoms with Gasteiger partial charge in [-0.15, -0.1) is 34.4 Å². The number of thiophene rings is 2. The topological polar surface area (TPSA) is 0 Å². The van der Waals surface area contributed by atoms with Gasteiger partial charge in [-0.25, -0.2) is 0 Å². The van der Waals surface area contributed by atoms with Crippen LogP contribution in [0.15, 0.2) is 40.8 Å². The van der Waals surface area contributed by atoms with Gasteiger partial charge >= 0.3 is 0 Å². The number of aryl methyl sites for hydroxylation is 1. The van der Waals surface area contributed by atoms with Crippen LogP contribution in [-0.2, 0) is 6.42 Å². The van der Waals surface area contributed by atoms with Crippen LogP contribution in [0.2, 0.25) is 0 Å². The molecule has 0 spiro atoms. The molecule has 2 unspecified atom stereocenters. The van der Waals surface area contributed by atoms with Crippen LogP contribution in [0.25, 0.3) is 36.3 Å². The molecule has 0 bridgehead atoms. The maximum atomic E-state index is 2.50. The van der Waals surface area contributed by atoms with E-state index in [1.54, 1.807) is 10.5 Å². The molecule has 0 radical (unpaired) electrons. The Kier molecular flexibility index (Phi) is 7.73. The molecule has 0 nitrogen and oxygen atoms in total. The van der Waals surface area contributed by atoms with Gasteiger partial charge in [0.2, 0.25) is 0 Å². The van der Waals surface area contributed by atoms with Crippen molar-refractivity contribution in [2.75, 3.05) is 5.75 Å². The first-order chi connectivity index (χ1) is 16.5. The van der Waals surface area contributed by atoms with Crippen LogP contribution >= 0.6 is 34.4 Å². The smallest absolute Gasteiger partial charge is 0.0369 e. The first-order valence-corrected chi connectivity index (χ1v) is 15.9. The lowest BCUT2D eigenvalue weighted by molar-refractivity contribution is 0.495. The minimum atomic E-state index is 0.852. The highest BCUT2D eigenvalue weighted by molar-refractivity contribution is 7.99. The van der Waals surface area contributed by atoms with E-state index >= 15 is 0 Å². The van der Waals surface area contributed by atoms with Crippen molar-refractivity contribution < 1.29 is 0 Å². The Balaban J connectivity index is 1.40. The molecule has 180 valence electrons. The summed E-state index contributed by atoms with van der Waals surface area (Å²) < 4.78 is 4.35. The quantitative estimate of drug-likeness (QED) is 0.206. The molecule has 0 saturated heterocycles. The Morgan fingerprint density at radius 1 is 0.765 bits per heavy atom. The van der Waals surface area contributed by atoms with Crippen molar-refractivity contribution in [3.05, 3.63) is 46.3 Å². The maximum absolute atomic E-state index is 2.50. The van der Waals surface area contributed by atoms with Crippen LogP contribution in [0.3, 0.4) is 0 Å². The van der Waals surface area contributed by atoms with E-state index in [2.05, 4.69) is 64.1 Å². The van der Waals surface area contributed by atoms with Crippen molar-refractivity contribution in [3.63, 3.8) is 0 Å². The van der Waals surface area contributed by atoms with Crippen molar-refractivity contribution in [1.29, 1.82) is 0 Å². The maximum Gasteiger partial charge on any atom is 0.0369 e. The minimum absolute atomic E-state index is 0.852. The zero-order valence-corrected chi connectivity index (χ0v) is 23.7. The third-order valence-corrected chi connectivity index (χ3v) is 11.2. The zero-order chi connectivity index (χ0) is 23.7. The second kappa shape index (κ2) is 10.8. The molecule has 2 aromatic heterocycles. The van der Waals surface area contributed by atoms with Crippen LogP contribution in [0, 0.1) is 11.8 Å². The van der Waals surface area contributed by atoms with E-state index in [4.69, 9.17) is 0 Å². The van der Waals surface area contributed by atoms with E-state index in [9.17, 15) is 0 Å². The fraction of sp³-hybridized carbons (Fsp3) is 0.484. The highest BCUT2D eigenvalue weighted by atomic mass is 32.2. The molecule has 0 N–H and O–H groups in total. The SMILES string of the molecule is CCC(C)CCCC1=Cc2cc3c(cc2SC1)sc1cc2sc(CCCC(C)CC)cc2cc13. The normalized spacial score (nSPS) is 15.7. The summed E-state index contributed by atoms with van der Waals surface area (Å²) in [5.74, 6) is 2.87. The van der Waals surface area contributed by atoms with Crippen LogP contribution < -0.4 is 0 Å². The van der Waals surface area contributed by atoms with E-state index in [0.717, 1.165) is 11.8 Å². The van der Waals surface area contributed by atoms with Crippen molar-refractivity contribution in [2.45, 2.75) is 84.0 Å². The molecule has 5 rings (SSSR count). The standard InChI is InChI=1S/C31H38S3/c1-5-20(3)9-7-11-22-13-23-15-26-27-16-24-14-25(12-8-10-21(4)6-2)33-29(24)18-31(27)34-30(26)17-28(23)32-19-22/h13-18,20-21H,5-12,19H2,1-4H3. The second-order valence-corrected chi connectivity index (χ2v) is 13.8. The molecule has 3 heterocycles. The summed E-state index contributed by atoms with van der Waals surface area (Å²) >= 11 is 6.03. The second-order valence-electron chi connectivity index (χ2n) is 10.5. The van der Waals surface area contributed by atoms with Crippen molar-refractivity contribution in [3.8, 4) is 0 Å². The number of hydrogen-bond acceptors (Lipinski definition) is 3. The largest absolute Gasteiger partial charge is 0.140 e. The van der Waals surface area contributed by atoms with Gasteiger partial charge in [0.25, 0.3) is 0 Å². The van der Waals surface area contributed by atoms with Gasteiger partial charge in [-0.3, -0.25) is 0 Å². The number of benzene rings is 2. The van der Waals surface area contributed by atoms with Gasteiger partial charge in [0.15, 0.2) is 0 Å². The summed E-state index contributed by atoms with van der Waals surface area (Å²) in [7, 11) is 0. The Hall–Kier alpha value is -1.29. The molecular weight excluding hydrogens is 469 g/mol. The van der Waals surface area contributed by atoms with Gasteiger partial charge in [0, 0.05) is 40.4 Å². The summed E-state index contributed by atoms with van der Waals surface area (Å²) in [5.41, 5.74) is 3.07. The van der Waals surface area contributed by atoms with Gasteiger partial charge < -0.3 is 0 Å². The number of thioether (sulfide) groups is 1. The molecule has 3 heteroatoms. The summed E-state index contributed by atoms with van der Waals surface area (Å²) in [4.78, 5) is 3.02. The summed E-state index contributed by atoms with van der Waals surface area (Å²) in [6.07, 6.45) is 12.9. The average molecular weight is 507 g/mol. The van der Waals surface area contributed by atoms with Crippen LogP contribution in [-0.4, -0.2) is 5.75 Å². The lowest BCUT2D eigenvalue weighted by Crippen LogP contribution is -1.98. The molecule has 34 heavy (non-hydrogen) atoms. The van der Waals surface area contributed by atoms with Crippen LogP contribution in [0.5, 0.6) is 0 Å². The molecule has 2 atom stereocenters. The number of hydrogen-bond donors (Lipinski definition) is 0. The van der Waals surface area contributed by atoms with Crippen molar-refractivity contribution >= 4 is 70.8 Å². The highest BCUT2D eigenvalue weighted by Crippen LogP contribution is 2.43. The summed E-state index contributed by atoms with van der Waals surface area (Å²) in [6, 6.07) is 12.3. The summed E-state index contributed by atoms with van der Waals surface area (Å²) in [5, 5.41) is 4.33. The first kappa shape index (κ1) is 24.4. The number of fused-ring (bicyclic) bond motifs is 5. The predicted octanol–water partition coefficient (Wildman–Crippen LogP) is 11.3. The molecule has 1 aliphatic rings. The van der Waals surface area contributed by atoms with Gasteiger partial charge in [0.05, 0.1) is 0 Å². The van der Waals surface area contributed by atoms with Gasteiger partial charge in [0.1, 0.15) is 0 Å². The monoisotopic (exact) mass is 506 g/mol. The molecular formula is C31H38S3. The third-order valence-electron chi connectivity index (χ3n) is 7.77. The third kappa shape index (κ3) is 5.27. The lowest BCUT2D eigenvalue weighted by Gasteiger charge is -2.17. The van der Waals surface area contributed by atoms with Crippen molar-refractivity contribution in [1.82, 2.24) is 0 Å². The average Bonchev–Trinajstić information content (AvgIpc) is 3.39. The van der Waals surface area contributed by atoms with E-state index in [-0.39, 0.29) is 0 Å². The van der Waals surface area contributed by atoms with Gasteiger partial charge in [-0.05, 0) is 78.8 Å². The van der Waals surface area contributed by atoms with Crippen LogP contribution in [0.4, 0.5) is 0 Å². The van der Waals surface area contributed by atoms with E-state index in [1.165, 1.54) is 97.8 Å². The van der Waals surface area contributed by atoms with Crippen LogP contribution in [0.1, 0.15) is 83.1 Å². The van der Waals surface area contributed by atoms with E-state index in [1.807, 2.05) is 34.4 Å². The summed E-state index contributed by atoms with van der Waals surface area (Å²) in [6.45, 7) is 9.39. The molecule has 0 amide bonds.